The van der Waals surface area contributed by atoms with Gasteiger partial charge in [0, 0.05) is 11.1 Å². The number of sulfonamides is 1. The highest BCUT2D eigenvalue weighted by Crippen LogP contribution is 2.28. The summed E-state index contributed by atoms with van der Waals surface area (Å²) < 4.78 is 24.9. The van der Waals surface area contributed by atoms with Crippen LogP contribution in [0.3, 0.4) is 0 Å². The minimum Gasteiger partial charge on any atom is -0.295 e. The van der Waals surface area contributed by atoms with Gasteiger partial charge in [-0.1, -0.05) is 42.0 Å². The van der Waals surface area contributed by atoms with E-state index in [0.717, 1.165) is 16.7 Å². The summed E-state index contributed by atoms with van der Waals surface area (Å²) in [7, 11) is -4.02. The molecule has 0 radical (unpaired) electrons. The molecule has 3 aromatic rings. The Balaban J connectivity index is 1.78. The minimum atomic E-state index is -4.02. The lowest BCUT2D eigenvalue weighted by molar-refractivity contribution is 0.0948. The molecule has 1 aromatic heterocycles. The fraction of sp³-hybridized carbons (Fsp3) is 0.100. The van der Waals surface area contributed by atoms with Crippen LogP contribution in [0.4, 0.5) is 0 Å². The van der Waals surface area contributed by atoms with Gasteiger partial charge in [0.1, 0.15) is 4.88 Å². The first-order chi connectivity index (χ1) is 13.3. The number of carbonyl (C=O) groups is 2. The SMILES string of the molecule is CC(=O)c1cccc(S(=O)(=O)NNC(=O)c2sccc2-c2ccc(C)cc2)c1. The minimum absolute atomic E-state index is 0.106. The Morgan fingerprint density at radius 2 is 1.71 bits per heavy atom. The molecule has 6 nitrogen and oxygen atoms in total. The molecule has 3 rings (SSSR count). The van der Waals surface area contributed by atoms with E-state index in [4.69, 9.17) is 0 Å². The summed E-state index contributed by atoms with van der Waals surface area (Å²) in [6, 6.07) is 15.1. The van der Waals surface area contributed by atoms with Gasteiger partial charge in [-0.2, -0.15) is 0 Å². The number of carbonyl (C=O) groups excluding carboxylic acids is 2. The van der Waals surface area contributed by atoms with Gasteiger partial charge in [-0.3, -0.25) is 15.0 Å². The number of rotatable bonds is 6. The van der Waals surface area contributed by atoms with Crippen molar-refractivity contribution in [3.8, 4) is 11.1 Å². The van der Waals surface area contributed by atoms with Crippen molar-refractivity contribution in [2.45, 2.75) is 18.7 Å². The predicted molar refractivity (Wildman–Crippen MR) is 109 cm³/mol. The predicted octanol–water partition coefficient (Wildman–Crippen LogP) is 3.55. The average molecular weight is 415 g/mol. The zero-order chi connectivity index (χ0) is 20.3. The first kappa shape index (κ1) is 19.9. The molecule has 28 heavy (non-hydrogen) atoms. The zero-order valence-corrected chi connectivity index (χ0v) is 16.9. The van der Waals surface area contributed by atoms with E-state index >= 15 is 0 Å². The van der Waals surface area contributed by atoms with E-state index in [2.05, 4.69) is 10.3 Å². The summed E-state index contributed by atoms with van der Waals surface area (Å²) in [6.07, 6.45) is 0. The second-order valence-electron chi connectivity index (χ2n) is 6.17. The maximum Gasteiger partial charge on any atom is 0.276 e. The third kappa shape index (κ3) is 4.36. The molecule has 0 aliphatic rings. The topological polar surface area (TPSA) is 92.3 Å². The van der Waals surface area contributed by atoms with Crippen molar-refractivity contribution in [3.05, 3.63) is 76.0 Å². The van der Waals surface area contributed by atoms with Gasteiger partial charge in [0.25, 0.3) is 15.9 Å². The molecular formula is C20H18N2O4S2. The molecule has 0 unspecified atom stereocenters. The van der Waals surface area contributed by atoms with Crippen LogP contribution in [-0.4, -0.2) is 20.1 Å². The van der Waals surface area contributed by atoms with E-state index in [0.29, 0.717) is 4.88 Å². The van der Waals surface area contributed by atoms with Crippen LogP contribution < -0.4 is 10.3 Å². The molecule has 0 aliphatic heterocycles. The second-order valence-corrected chi connectivity index (χ2v) is 8.77. The molecule has 2 aromatic carbocycles. The van der Waals surface area contributed by atoms with Crippen molar-refractivity contribution < 1.29 is 18.0 Å². The maximum absolute atomic E-state index is 12.5. The van der Waals surface area contributed by atoms with E-state index in [9.17, 15) is 18.0 Å². The molecule has 0 fully saturated rings. The van der Waals surface area contributed by atoms with Gasteiger partial charge in [-0.05, 0) is 43.0 Å². The van der Waals surface area contributed by atoms with Crippen molar-refractivity contribution in [3.63, 3.8) is 0 Å². The Bertz CT molecular complexity index is 1130. The second kappa shape index (κ2) is 8.05. The first-order valence-corrected chi connectivity index (χ1v) is 10.7. The summed E-state index contributed by atoms with van der Waals surface area (Å²) in [4.78, 5) is 26.4. The molecule has 0 spiro atoms. The largest absolute Gasteiger partial charge is 0.295 e. The molecule has 2 N–H and O–H groups in total. The van der Waals surface area contributed by atoms with Crippen LogP contribution in [0, 0.1) is 6.92 Å². The van der Waals surface area contributed by atoms with Crippen LogP contribution in [0.2, 0.25) is 0 Å². The highest BCUT2D eigenvalue weighted by atomic mass is 32.2. The van der Waals surface area contributed by atoms with Gasteiger partial charge < -0.3 is 0 Å². The normalized spacial score (nSPS) is 11.2. The van der Waals surface area contributed by atoms with Crippen molar-refractivity contribution in [1.82, 2.24) is 10.3 Å². The maximum atomic E-state index is 12.5. The Kier molecular flexibility index (Phi) is 5.73. The Hall–Kier alpha value is -2.81. The fourth-order valence-electron chi connectivity index (χ4n) is 2.56. The summed E-state index contributed by atoms with van der Waals surface area (Å²) in [6.45, 7) is 3.32. The molecule has 144 valence electrons. The number of nitrogens with one attached hydrogen (secondary N) is 2. The van der Waals surface area contributed by atoms with Crippen LogP contribution in [0.5, 0.6) is 0 Å². The summed E-state index contributed by atoms with van der Waals surface area (Å²) in [5.74, 6) is -0.806. The van der Waals surface area contributed by atoms with Crippen LogP contribution in [-0.2, 0) is 10.0 Å². The zero-order valence-electron chi connectivity index (χ0n) is 15.2. The number of Topliss-reactive ketones (excluding diaryl/α,β-unsaturated/α-hetero) is 1. The lowest BCUT2D eigenvalue weighted by Crippen LogP contribution is -2.41. The van der Waals surface area contributed by atoms with Gasteiger partial charge >= 0.3 is 0 Å². The molecule has 0 saturated heterocycles. The monoisotopic (exact) mass is 414 g/mol. The molecule has 0 aliphatic carbocycles. The van der Waals surface area contributed by atoms with Crippen molar-refractivity contribution >= 4 is 33.1 Å². The van der Waals surface area contributed by atoms with Crippen LogP contribution in [0.1, 0.15) is 32.5 Å². The number of amides is 1. The lowest BCUT2D eigenvalue weighted by Gasteiger charge is -2.10. The number of benzene rings is 2. The number of hydrogen-bond donors (Lipinski definition) is 2. The van der Waals surface area contributed by atoms with E-state index in [1.165, 1.54) is 42.5 Å². The highest BCUT2D eigenvalue weighted by Gasteiger charge is 2.19. The van der Waals surface area contributed by atoms with Gasteiger partial charge in [0.2, 0.25) is 0 Å². The van der Waals surface area contributed by atoms with Gasteiger partial charge in [-0.25, -0.2) is 8.42 Å². The molecule has 1 heterocycles. The van der Waals surface area contributed by atoms with E-state index in [1.54, 1.807) is 5.38 Å². The van der Waals surface area contributed by atoms with Crippen LogP contribution >= 0.6 is 11.3 Å². The van der Waals surface area contributed by atoms with Gasteiger partial charge in [0.05, 0.1) is 4.90 Å². The van der Waals surface area contributed by atoms with E-state index in [-0.39, 0.29) is 16.2 Å². The van der Waals surface area contributed by atoms with E-state index < -0.39 is 15.9 Å². The molecule has 0 saturated carbocycles. The number of hydrazine groups is 1. The number of aryl methyl sites for hydroxylation is 1. The van der Waals surface area contributed by atoms with Crippen LogP contribution in [0.15, 0.2) is 64.9 Å². The highest BCUT2D eigenvalue weighted by molar-refractivity contribution is 7.89. The average Bonchev–Trinajstić information content (AvgIpc) is 3.17. The molecule has 1 amide bonds. The fourth-order valence-corrected chi connectivity index (χ4v) is 4.25. The molecular weight excluding hydrogens is 396 g/mol. The number of thiophene rings is 1. The standard InChI is InChI=1S/C20H18N2O4S2/c1-13-6-8-15(9-7-13)18-10-11-27-19(18)20(24)21-22-28(25,26)17-5-3-4-16(12-17)14(2)23/h3-12,22H,1-2H3,(H,21,24). The van der Waals surface area contributed by atoms with Crippen molar-refractivity contribution in [2.24, 2.45) is 0 Å². The third-order valence-corrected chi connectivity index (χ3v) is 6.24. The Morgan fingerprint density at radius 1 is 1.00 bits per heavy atom. The first-order valence-electron chi connectivity index (χ1n) is 8.35. The number of hydrogen-bond acceptors (Lipinski definition) is 5. The number of ketones is 1. The quantitative estimate of drug-likeness (QED) is 0.477. The molecule has 0 atom stereocenters. The van der Waals surface area contributed by atoms with Crippen molar-refractivity contribution in [1.29, 1.82) is 0 Å². The lowest BCUT2D eigenvalue weighted by atomic mass is 10.1. The third-order valence-electron chi connectivity index (χ3n) is 4.08. The van der Waals surface area contributed by atoms with Gasteiger partial charge in [0.15, 0.2) is 5.78 Å². The van der Waals surface area contributed by atoms with Crippen molar-refractivity contribution in [2.75, 3.05) is 0 Å². The van der Waals surface area contributed by atoms with Gasteiger partial charge in [-0.15, -0.1) is 16.2 Å². The van der Waals surface area contributed by atoms with Crippen LogP contribution in [0.25, 0.3) is 11.1 Å². The molecule has 8 heteroatoms. The summed E-state index contributed by atoms with van der Waals surface area (Å²) in [5, 5.41) is 1.77. The Labute approximate surface area is 167 Å². The summed E-state index contributed by atoms with van der Waals surface area (Å²) >= 11 is 1.22. The Morgan fingerprint density at radius 3 is 2.39 bits per heavy atom. The van der Waals surface area contributed by atoms with E-state index in [1.807, 2.05) is 37.3 Å². The smallest absolute Gasteiger partial charge is 0.276 e. The molecule has 0 bridgehead atoms. The summed E-state index contributed by atoms with van der Waals surface area (Å²) in [5.41, 5.74) is 5.21.